The predicted molar refractivity (Wildman–Crippen MR) is 149 cm³/mol. The van der Waals surface area contributed by atoms with Crippen molar-refractivity contribution in [3.63, 3.8) is 0 Å². The van der Waals surface area contributed by atoms with Crippen molar-refractivity contribution in [1.82, 2.24) is 30.2 Å². The topological polar surface area (TPSA) is 127 Å². The van der Waals surface area contributed by atoms with Gasteiger partial charge in [-0.25, -0.2) is 19.3 Å². The smallest absolute Gasteiger partial charge is 0.230 e. The van der Waals surface area contributed by atoms with E-state index in [9.17, 15) is 9.18 Å². The number of ether oxygens (including phenoxy) is 3. The summed E-state index contributed by atoms with van der Waals surface area (Å²) in [5.41, 5.74) is 1.66. The van der Waals surface area contributed by atoms with Gasteiger partial charge in [-0.3, -0.25) is 4.79 Å². The van der Waals surface area contributed by atoms with Gasteiger partial charge in [0.25, 0.3) is 0 Å². The summed E-state index contributed by atoms with van der Waals surface area (Å²) in [5, 5.41) is 6.18. The Morgan fingerprint density at radius 1 is 1.15 bits per heavy atom. The first kappa shape index (κ1) is 29.5. The molecular weight excluding hydrogens is 517 g/mol. The summed E-state index contributed by atoms with van der Waals surface area (Å²) < 4.78 is 30.8. The van der Waals surface area contributed by atoms with Gasteiger partial charge in [-0.1, -0.05) is 0 Å². The summed E-state index contributed by atoms with van der Waals surface area (Å²) in [7, 11) is 5.66. The zero-order valence-corrected chi connectivity index (χ0v) is 23.5. The van der Waals surface area contributed by atoms with Crippen LogP contribution in [0.5, 0.6) is 0 Å². The first-order chi connectivity index (χ1) is 19.3. The molecule has 0 radical (unpaired) electrons. The third-order valence-corrected chi connectivity index (χ3v) is 6.51. The maximum Gasteiger partial charge on any atom is 0.230 e. The van der Waals surface area contributed by atoms with Crippen molar-refractivity contribution < 1.29 is 23.4 Å². The molecule has 1 aliphatic rings. The molecular formula is C28H38FN7O4. The van der Waals surface area contributed by atoms with Gasteiger partial charge in [-0.15, -0.1) is 0 Å². The fraction of sp³-hybridized carbons (Fsp3) is 0.500. The van der Waals surface area contributed by atoms with Crippen molar-refractivity contribution >= 4 is 11.9 Å². The van der Waals surface area contributed by atoms with Crippen LogP contribution in [0.1, 0.15) is 31.9 Å². The molecule has 11 nitrogen and oxygen atoms in total. The summed E-state index contributed by atoms with van der Waals surface area (Å²) in [6.45, 7) is 4.92. The van der Waals surface area contributed by atoms with Gasteiger partial charge in [-0.2, -0.15) is 0 Å². The van der Waals surface area contributed by atoms with E-state index < -0.39 is 11.7 Å². The zero-order valence-electron chi connectivity index (χ0n) is 23.5. The maximum atomic E-state index is 13.7. The number of imidazole rings is 1. The molecule has 3 aromatic rings. The lowest BCUT2D eigenvalue weighted by Gasteiger charge is -2.35. The van der Waals surface area contributed by atoms with Crippen LogP contribution in [-0.2, 0) is 19.0 Å². The molecule has 216 valence electrons. The van der Waals surface area contributed by atoms with Crippen LogP contribution in [0.2, 0.25) is 0 Å². The number of carbonyl (C=O) groups is 1. The Labute approximate surface area is 233 Å². The minimum absolute atomic E-state index is 0.108. The van der Waals surface area contributed by atoms with E-state index >= 15 is 0 Å². The number of anilines is 1. The number of benzene rings is 1. The van der Waals surface area contributed by atoms with Crippen LogP contribution in [0.3, 0.4) is 0 Å². The van der Waals surface area contributed by atoms with Gasteiger partial charge in [-0.05, 0) is 70.7 Å². The zero-order chi connectivity index (χ0) is 28.5. The van der Waals surface area contributed by atoms with Crippen molar-refractivity contribution in [2.24, 2.45) is 5.41 Å². The Kier molecular flexibility index (Phi) is 10.2. The molecule has 0 spiro atoms. The molecule has 4 rings (SSSR count). The Hall–Kier alpha value is -3.45. The second kappa shape index (κ2) is 13.8. The average molecular weight is 556 g/mol. The number of hydrogen-bond acceptors (Lipinski definition) is 9. The third kappa shape index (κ3) is 7.60. The van der Waals surface area contributed by atoms with Gasteiger partial charge in [0.05, 0.1) is 35.7 Å². The highest BCUT2D eigenvalue weighted by molar-refractivity contribution is 5.82. The molecule has 1 amide bonds. The van der Waals surface area contributed by atoms with E-state index in [0.29, 0.717) is 54.1 Å². The lowest BCUT2D eigenvalue weighted by Crippen LogP contribution is -2.49. The molecule has 1 fully saturated rings. The van der Waals surface area contributed by atoms with Gasteiger partial charge in [0, 0.05) is 38.6 Å². The molecule has 12 heteroatoms. The number of rotatable bonds is 13. The fourth-order valence-corrected chi connectivity index (χ4v) is 4.21. The van der Waals surface area contributed by atoms with Crippen LogP contribution < -0.4 is 10.6 Å². The van der Waals surface area contributed by atoms with Gasteiger partial charge >= 0.3 is 0 Å². The van der Waals surface area contributed by atoms with Crippen LogP contribution in [0.25, 0.3) is 22.6 Å². The average Bonchev–Trinajstić information content (AvgIpc) is 3.40. The lowest BCUT2D eigenvalue weighted by molar-refractivity contribution is -0.231. The minimum Gasteiger partial charge on any atom is -0.385 e. The van der Waals surface area contributed by atoms with E-state index in [2.05, 4.69) is 30.5 Å². The summed E-state index contributed by atoms with van der Waals surface area (Å²) in [4.78, 5) is 31.9. The van der Waals surface area contributed by atoms with Gasteiger partial charge in [0.2, 0.25) is 18.1 Å². The van der Waals surface area contributed by atoms with Crippen molar-refractivity contribution in [2.45, 2.75) is 26.1 Å². The van der Waals surface area contributed by atoms with Crippen LogP contribution >= 0.6 is 0 Å². The summed E-state index contributed by atoms with van der Waals surface area (Å²) in [6.07, 6.45) is 2.51. The molecule has 0 saturated carbocycles. The second-order valence-corrected chi connectivity index (χ2v) is 10.3. The Morgan fingerprint density at radius 2 is 1.90 bits per heavy atom. The number of aromatic nitrogens is 4. The van der Waals surface area contributed by atoms with E-state index in [0.717, 1.165) is 19.4 Å². The number of nitrogens with one attached hydrogen (secondary N) is 3. The van der Waals surface area contributed by atoms with Crippen molar-refractivity contribution in [3.8, 4) is 22.6 Å². The number of carbonyl (C=O) groups excluding carboxylic acids is 1. The normalized spacial score (nSPS) is 19.1. The molecule has 3 N–H and O–H groups in total. The third-order valence-electron chi connectivity index (χ3n) is 6.51. The summed E-state index contributed by atoms with van der Waals surface area (Å²) >= 11 is 0. The van der Waals surface area contributed by atoms with Gasteiger partial charge < -0.3 is 34.7 Å². The van der Waals surface area contributed by atoms with E-state index in [4.69, 9.17) is 19.2 Å². The second-order valence-electron chi connectivity index (χ2n) is 10.3. The summed E-state index contributed by atoms with van der Waals surface area (Å²) in [6, 6.07) is 7.85. The van der Waals surface area contributed by atoms with Crippen molar-refractivity contribution in [2.75, 3.05) is 66.0 Å². The highest BCUT2D eigenvalue weighted by Gasteiger charge is 2.40. The summed E-state index contributed by atoms with van der Waals surface area (Å²) in [5.74, 6) is 0.440. The Balaban J connectivity index is 1.51. The number of H-pyrrole nitrogens is 1. The van der Waals surface area contributed by atoms with E-state index in [1.54, 1.807) is 31.5 Å². The highest BCUT2D eigenvalue weighted by Crippen LogP contribution is 2.35. The van der Waals surface area contributed by atoms with Crippen LogP contribution in [0.15, 0.2) is 36.5 Å². The monoisotopic (exact) mass is 555 g/mol. The molecule has 0 unspecified atom stereocenters. The molecule has 3 heterocycles. The molecule has 1 saturated heterocycles. The maximum absolute atomic E-state index is 13.7. The molecule has 1 aromatic carbocycles. The van der Waals surface area contributed by atoms with E-state index in [1.165, 1.54) is 12.1 Å². The van der Waals surface area contributed by atoms with E-state index in [1.807, 2.05) is 21.0 Å². The van der Waals surface area contributed by atoms with Crippen molar-refractivity contribution in [1.29, 1.82) is 0 Å². The molecule has 40 heavy (non-hydrogen) atoms. The first-order valence-corrected chi connectivity index (χ1v) is 13.4. The van der Waals surface area contributed by atoms with Gasteiger partial charge in [0.15, 0.2) is 5.82 Å². The molecule has 0 atom stereocenters. The standard InChI is InChI=1S/C28H38FN7O4/c1-28(26(37)30-12-5-15-36(2)3)17-39-25(40-18-28)24-34-22(19-7-9-20(29)10-8-19)23(35-24)21-11-14-32-27(33-21)31-13-6-16-38-4/h7-11,14,25H,5-6,12-13,15-18H2,1-4H3,(H,30,37)(H,34,35)(H,31,32,33). The molecule has 2 aromatic heterocycles. The lowest BCUT2D eigenvalue weighted by atomic mass is 9.91. The predicted octanol–water partition coefficient (Wildman–Crippen LogP) is 3.24. The number of nitrogens with zero attached hydrogens (tertiary/aromatic N) is 4. The SMILES string of the molecule is COCCCNc1nccc(-c2[nH]c(C3OCC(C)(C(=O)NCCCN(C)C)CO3)nc2-c2ccc(F)cc2)n1. The number of halogens is 1. The largest absolute Gasteiger partial charge is 0.385 e. The van der Waals surface area contributed by atoms with Crippen LogP contribution in [0.4, 0.5) is 10.3 Å². The van der Waals surface area contributed by atoms with Crippen LogP contribution in [-0.4, -0.2) is 91.4 Å². The van der Waals surface area contributed by atoms with Gasteiger partial charge in [0.1, 0.15) is 5.82 Å². The number of amides is 1. The molecule has 0 bridgehead atoms. The number of methoxy groups -OCH3 is 1. The number of aromatic amines is 1. The van der Waals surface area contributed by atoms with Crippen LogP contribution in [0, 0.1) is 11.2 Å². The number of hydrogen-bond donors (Lipinski definition) is 3. The minimum atomic E-state index is -0.820. The van der Waals surface area contributed by atoms with E-state index in [-0.39, 0.29) is 24.9 Å². The Bertz CT molecular complexity index is 1240. The molecule has 1 aliphatic heterocycles. The quantitative estimate of drug-likeness (QED) is 0.273. The first-order valence-electron chi connectivity index (χ1n) is 13.4. The molecule has 0 aliphatic carbocycles. The Morgan fingerprint density at radius 3 is 2.60 bits per heavy atom. The highest BCUT2D eigenvalue weighted by atomic mass is 19.1. The fourth-order valence-electron chi connectivity index (χ4n) is 4.21. The van der Waals surface area contributed by atoms with Crippen molar-refractivity contribution in [3.05, 3.63) is 48.2 Å².